The fourth-order valence-electron chi connectivity index (χ4n) is 0. The van der Waals surface area contributed by atoms with Crippen molar-refractivity contribution in [3.05, 3.63) is 0 Å². The van der Waals surface area contributed by atoms with Gasteiger partial charge >= 0.3 is 0 Å². The van der Waals surface area contributed by atoms with Crippen molar-refractivity contribution >= 4 is 0 Å². The van der Waals surface area contributed by atoms with Gasteiger partial charge in [0, 0.05) is 169 Å². The van der Waals surface area contributed by atoms with Crippen LogP contribution in [0.1, 0.15) is 0 Å². The topological polar surface area (TPSA) is 0 Å². The van der Waals surface area contributed by atoms with Crippen LogP contribution in [0.15, 0.2) is 0 Å². The molecule has 0 aliphatic heterocycles. The van der Waals surface area contributed by atoms with Crippen molar-refractivity contribution < 1.29 is 169 Å². The third kappa shape index (κ3) is 41.9. The second-order valence-corrected chi connectivity index (χ2v) is 0. The first-order valence-corrected chi connectivity index (χ1v) is 0. The van der Waals surface area contributed by atoms with Gasteiger partial charge in [0.25, 0.3) is 0 Å². The average Bonchev–Trinajstić information content (AvgIpc) is 0. The molecule has 0 aromatic rings. The van der Waals surface area contributed by atoms with E-state index in [9.17, 15) is 0 Å². The Morgan fingerprint density at radius 3 is 0.125 bits per heavy atom. The van der Waals surface area contributed by atoms with E-state index in [2.05, 4.69) is 0 Å². The van der Waals surface area contributed by atoms with E-state index in [0.717, 1.165) is 0 Å². The molecule has 0 atom stereocenters. The van der Waals surface area contributed by atoms with Gasteiger partial charge < -0.3 is 0 Å². The molecule has 8 heavy (non-hydrogen) atoms. The first-order chi connectivity index (χ1) is 0. The van der Waals surface area contributed by atoms with Crippen molar-refractivity contribution in [3.8, 4) is 0 Å². The molecule has 0 aliphatic carbocycles. The molecule has 0 N–H and O–H groups in total. The zero-order valence-electron chi connectivity index (χ0n) is 2.53. The van der Waals surface area contributed by atoms with Crippen molar-refractivity contribution in [2.45, 2.75) is 0 Å². The molecule has 0 spiro atoms. The fraction of sp³-hybridized carbons (Fsp3) is 0. The van der Waals surface area contributed by atoms with E-state index >= 15 is 0 Å². The standard InChI is InChI=1S/8Pt. The number of hydrogen-bond donors (Lipinski definition) is 0. The Kier molecular flexibility index (Phi) is 476. The van der Waals surface area contributed by atoms with Gasteiger partial charge in [0.1, 0.15) is 0 Å². The Labute approximate surface area is 164 Å². The quantitative estimate of drug-likeness (QED) is 0.321. The Morgan fingerprint density at radius 2 is 0.125 bits per heavy atom. The van der Waals surface area contributed by atoms with E-state index in [1.807, 2.05) is 0 Å². The summed E-state index contributed by atoms with van der Waals surface area (Å²) in [5.41, 5.74) is 0. The Morgan fingerprint density at radius 1 is 0.125 bits per heavy atom. The third-order valence-corrected chi connectivity index (χ3v) is 0. The molecule has 80 valence electrons. The molecule has 0 nitrogen and oxygen atoms in total. The summed E-state index contributed by atoms with van der Waals surface area (Å²) in [6.07, 6.45) is 0. The van der Waals surface area contributed by atoms with Crippen LogP contribution >= 0.6 is 0 Å². The summed E-state index contributed by atoms with van der Waals surface area (Å²) in [5.74, 6) is 0. The Hall–Kier alpha value is 5.51. The third-order valence-electron chi connectivity index (χ3n) is 0. The molecule has 0 aromatic carbocycles. The largest absolute Gasteiger partial charge is 0 e. The molecule has 0 unspecified atom stereocenters. The molecule has 8 heteroatoms. The molecule has 0 radical (unpaired) electrons. The Balaban J connectivity index is 0. The fourth-order valence-corrected chi connectivity index (χ4v) is 0. The van der Waals surface area contributed by atoms with Gasteiger partial charge in [-0.15, -0.1) is 0 Å². The van der Waals surface area contributed by atoms with Crippen molar-refractivity contribution in [1.82, 2.24) is 0 Å². The van der Waals surface area contributed by atoms with Gasteiger partial charge in [-0.3, -0.25) is 0 Å². The SMILES string of the molecule is [Pt].[Pt].[Pt].[Pt].[Pt].[Pt].[Pt].[Pt]. The molecule has 0 fully saturated rings. The van der Waals surface area contributed by atoms with E-state index in [4.69, 9.17) is 0 Å². The van der Waals surface area contributed by atoms with Crippen LogP contribution in [-0.4, -0.2) is 0 Å². The predicted molar refractivity (Wildman–Crippen MR) is 0 cm³/mol. The van der Waals surface area contributed by atoms with Crippen molar-refractivity contribution in [2.75, 3.05) is 0 Å². The Bertz CT molecular complexity index is 0. The summed E-state index contributed by atoms with van der Waals surface area (Å²) in [6.45, 7) is 0. The van der Waals surface area contributed by atoms with Gasteiger partial charge in [-0.25, -0.2) is 0 Å². The molecule has 0 saturated carbocycles. The molecular formula is Pt8. The van der Waals surface area contributed by atoms with Crippen LogP contribution in [0.25, 0.3) is 0 Å². The van der Waals surface area contributed by atoms with Gasteiger partial charge in [0.15, 0.2) is 0 Å². The van der Waals surface area contributed by atoms with Crippen LogP contribution in [0, 0.1) is 0 Å². The molecule has 0 bridgehead atoms. The minimum Gasteiger partial charge on any atom is 0 e. The van der Waals surface area contributed by atoms with Gasteiger partial charge in [-0.1, -0.05) is 0 Å². The van der Waals surface area contributed by atoms with Crippen LogP contribution in [0.2, 0.25) is 0 Å². The normalized spacial score (nSPS) is 0. The van der Waals surface area contributed by atoms with E-state index in [0.29, 0.717) is 0 Å². The maximum atomic E-state index is 0. The average molecular weight is 1560 g/mol. The first-order valence-electron chi connectivity index (χ1n) is 0. The van der Waals surface area contributed by atoms with E-state index in [1.54, 1.807) is 0 Å². The summed E-state index contributed by atoms with van der Waals surface area (Å²) in [7, 11) is 0. The summed E-state index contributed by atoms with van der Waals surface area (Å²) in [6, 6.07) is 0. The molecule has 0 aromatic heterocycles. The summed E-state index contributed by atoms with van der Waals surface area (Å²) in [5, 5.41) is 0. The summed E-state index contributed by atoms with van der Waals surface area (Å²) >= 11 is 0. The van der Waals surface area contributed by atoms with Crippen molar-refractivity contribution in [2.24, 2.45) is 0 Å². The molecular weight excluding hydrogens is 1560 g/mol. The molecule has 0 rings (SSSR count). The van der Waals surface area contributed by atoms with Crippen LogP contribution in [0.3, 0.4) is 0 Å². The maximum absolute atomic E-state index is 0. The summed E-state index contributed by atoms with van der Waals surface area (Å²) in [4.78, 5) is 0. The zero-order chi connectivity index (χ0) is 0. The first kappa shape index (κ1) is 69.7. The molecule has 0 saturated heterocycles. The molecule has 0 aliphatic rings. The van der Waals surface area contributed by atoms with Gasteiger partial charge in [0.2, 0.25) is 0 Å². The van der Waals surface area contributed by atoms with E-state index in [1.165, 1.54) is 0 Å². The number of rotatable bonds is 0. The van der Waals surface area contributed by atoms with E-state index < -0.39 is 0 Å². The predicted octanol–water partition coefficient (Wildman–Crippen LogP) is -0.0200. The van der Waals surface area contributed by atoms with Crippen LogP contribution in [0.4, 0.5) is 0 Å². The molecule has 0 heterocycles. The van der Waals surface area contributed by atoms with Gasteiger partial charge in [-0.05, 0) is 0 Å². The van der Waals surface area contributed by atoms with Gasteiger partial charge in [-0.2, -0.15) is 0 Å². The van der Waals surface area contributed by atoms with Crippen molar-refractivity contribution in [1.29, 1.82) is 0 Å². The van der Waals surface area contributed by atoms with Gasteiger partial charge in [0.05, 0.1) is 0 Å². The number of hydrogen-bond acceptors (Lipinski definition) is 0. The van der Waals surface area contributed by atoms with Crippen LogP contribution in [0.5, 0.6) is 0 Å². The second-order valence-electron chi connectivity index (χ2n) is 0. The monoisotopic (exact) mass is 1560 g/mol. The summed E-state index contributed by atoms with van der Waals surface area (Å²) < 4.78 is 0. The molecule has 0 amide bonds. The van der Waals surface area contributed by atoms with Crippen molar-refractivity contribution in [3.63, 3.8) is 0 Å². The second kappa shape index (κ2) is 54.6. The maximum Gasteiger partial charge on any atom is 0 e. The minimum absolute atomic E-state index is 0. The minimum atomic E-state index is 0. The van der Waals surface area contributed by atoms with Crippen LogP contribution in [-0.2, 0) is 169 Å². The smallest absolute Gasteiger partial charge is 0 e. The zero-order valence-corrected chi connectivity index (χ0v) is 20.7. The van der Waals surface area contributed by atoms with Crippen LogP contribution < -0.4 is 0 Å². The van der Waals surface area contributed by atoms with E-state index in [-0.39, 0.29) is 169 Å².